The van der Waals surface area contributed by atoms with Gasteiger partial charge in [-0.15, -0.1) is 0 Å². The van der Waals surface area contributed by atoms with Crippen LogP contribution >= 0.6 is 0 Å². The Hall–Kier alpha value is -2.82. The first-order valence-electron chi connectivity index (χ1n) is 11.5. The number of esters is 2. The molecule has 4 saturated carbocycles. The van der Waals surface area contributed by atoms with E-state index in [9.17, 15) is 9.59 Å². The highest BCUT2D eigenvalue weighted by molar-refractivity contribution is 5.93. The summed E-state index contributed by atoms with van der Waals surface area (Å²) in [5.74, 6) is 2.73. The molecule has 2 aromatic carbocycles. The van der Waals surface area contributed by atoms with Gasteiger partial charge in [-0.3, -0.25) is 0 Å². The Morgan fingerprint density at radius 2 is 1.41 bits per heavy atom. The molecule has 5 nitrogen and oxygen atoms in total. The minimum atomic E-state index is -0.462. The van der Waals surface area contributed by atoms with Crippen molar-refractivity contribution >= 4 is 11.9 Å². The summed E-state index contributed by atoms with van der Waals surface area (Å²) in [5.41, 5.74) is 2.91. The third-order valence-corrected chi connectivity index (χ3v) is 7.86. The van der Waals surface area contributed by atoms with Crippen LogP contribution in [0.2, 0.25) is 0 Å². The molecule has 5 heteroatoms. The molecule has 0 aliphatic heterocycles. The van der Waals surface area contributed by atoms with Crippen LogP contribution in [0.1, 0.15) is 70.4 Å². The zero-order valence-corrected chi connectivity index (χ0v) is 19.0. The van der Waals surface area contributed by atoms with E-state index >= 15 is 0 Å². The monoisotopic (exact) mass is 434 g/mol. The highest BCUT2D eigenvalue weighted by Gasteiger charge is 2.52. The number of rotatable bonds is 5. The van der Waals surface area contributed by atoms with Crippen molar-refractivity contribution in [2.24, 2.45) is 17.8 Å². The average Bonchev–Trinajstić information content (AvgIpc) is 2.78. The average molecular weight is 435 g/mol. The number of hydrogen-bond donors (Lipinski definition) is 0. The molecule has 4 aliphatic rings. The Morgan fingerprint density at radius 3 is 2.00 bits per heavy atom. The van der Waals surface area contributed by atoms with Crippen LogP contribution < -0.4 is 9.47 Å². The van der Waals surface area contributed by atoms with Crippen LogP contribution in [0.25, 0.3) is 0 Å². The second-order valence-corrected chi connectivity index (χ2v) is 9.97. The van der Waals surface area contributed by atoms with Gasteiger partial charge in [0.25, 0.3) is 0 Å². The van der Waals surface area contributed by atoms with E-state index in [4.69, 9.17) is 14.2 Å². The number of carbonyl (C=O) groups is 2. The van der Waals surface area contributed by atoms with E-state index in [1.807, 2.05) is 19.1 Å². The maximum absolute atomic E-state index is 13.1. The van der Waals surface area contributed by atoms with Crippen molar-refractivity contribution in [3.63, 3.8) is 0 Å². The molecule has 0 amide bonds. The summed E-state index contributed by atoms with van der Waals surface area (Å²) in [7, 11) is 3.04. The van der Waals surface area contributed by atoms with Crippen LogP contribution in [-0.2, 0) is 10.2 Å². The fourth-order valence-electron chi connectivity index (χ4n) is 6.80. The number of carbonyl (C=O) groups excluding carboxylic acids is 2. The lowest BCUT2D eigenvalue weighted by atomic mass is 9.48. The predicted molar refractivity (Wildman–Crippen MR) is 120 cm³/mol. The van der Waals surface area contributed by atoms with E-state index in [0.29, 0.717) is 16.9 Å². The summed E-state index contributed by atoms with van der Waals surface area (Å²) in [6, 6.07) is 10.6. The van der Waals surface area contributed by atoms with Crippen LogP contribution in [0.15, 0.2) is 36.4 Å². The van der Waals surface area contributed by atoms with Crippen molar-refractivity contribution in [2.45, 2.75) is 50.9 Å². The minimum absolute atomic E-state index is 0.108. The summed E-state index contributed by atoms with van der Waals surface area (Å²) < 4.78 is 16.3. The van der Waals surface area contributed by atoms with Crippen molar-refractivity contribution in [3.8, 4) is 11.5 Å². The van der Waals surface area contributed by atoms with E-state index in [1.165, 1.54) is 45.6 Å². The lowest BCUT2D eigenvalue weighted by Gasteiger charge is -2.57. The number of aryl methyl sites for hydroxylation is 1. The van der Waals surface area contributed by atoms with Crippen molar-refractivity contribution in [1.29, 1.82) is 0 Å². The number of hydrogen-bond acceptors (Lipinski definition) is 5. The van der Waals surface area contributed by atoms with Gasteiger partial charge in [-0.1, -0.05) is 6.07 Å². The lowest BCUT2D eigenvalue weighted by molar-refractivity contribution is -0.00618. The first kappa shape index (κ1) is 21.0. The smallest absolute Gasteiger partial charge is 0.343 e. The Kier molecular flexibility index (Phi) is 5.23. The van der Waals surface area contributed by atoms with Gasteiger partial charge in [0.2, 0.25) is 0 Å². The third kappa shape index (κ3) is 3.58. The second-order valence-electron chi connectivity index (χ2n) is 9.97. The van der Waals surface area contributed by atoms with Gasteiger partial charge < -0.3 is 14.2 Å². The van der Waals surface area contributed by atoms with Crippen LogP contribution in [0, 0.1) is 24.7 Å². The number of benzene rings is 2. The van der Waals surface area contributed by atoms with Gasteiger partial charge in [0.05, 0.1) is 25.3 Å². The molecule has 0 N–H and O–H groups in total. The van der Waals surface area contributed by atoms with Crippen LogP contribution in [0.5, 0.6) is 11.5 Å². The molecule has 0 saturated heterocycles. The first-order chi connectivity index (χ1) is 15.4. The van der Waals surface area contributed by atoms with Gasteiger partial charge in [0, 0.05) is 5.56 Å². The Bertz CT molecular complexity index is 1030. The van der Waals surface area contributed by atoms with Gasteiger partial charge in [0.1, 0.15) is 11.5 Å². The number of methoxy groups -OCH3 is 2. The maximum atomic E-state index is 13.1. The Morgan fingerprint density at radius 1 is 0.812 bits per heavy atom. The standard InChI is InChI=1S/C27H30O5/c1-16-4-5-21(25(28)31-3)12-24(16)32-26(29)20-6-7-23(30-2)22(11-20)27-13-17-8-18(14-27)10-19(9-17)15-27/h4-7,11-12,17-19H,8-10,13-15H2,1-3H3. The van der Waals surface area contributed by atoms with Crippen LogP contribution in [0.4, 0.5) is 0 Å². The normalized spacial score (nSPS) is 27.8. The summed E-state index contributed by atoms with van der Waals surface area (Å²) in [6.07, 6.45) is 7.65. The van der Waals surface area contributed by atoms with Crippen LogP contribution in [-0.4, -0.2) is 26.2 Å². The second kappa shape index (κ2) is 7.95. The summed E-state index contributed by atoms with van der Waals surface area (Å²) >= 11 is 0. The van der Waals surface area contributed by atoms with E-state index < -0.39 is 11.9 Å². The quantitative estimate of drug-likeness (QED) is 0.461. The Labute approximate surface area is 189 Å². The van der Waals surface area contributed by atoms with Gasteiger partial charge in [-0.25, -0.2) is 9.59 Å². The first-order valence-corrected chi connectivity index (χ1v) is 11.5. The van der Waals surface area contributed by atoms with E-state index in [2.05, 4.69) is 0 Å². The van der Waals surface area contributed by atoms with E-state index in [-0.39, 0.29) is 5.41 Å². The highest BCUT2D eigenvalue weighted by Crippen LogP contribution is 2.61. The predicted octanol–water partition coefficient (Wildman–Crippen LogP) is 5.48. The molecule has 0 unspecified atom stereocenters. The zero-order valence-electron chi connectivity index (χ0n) is 19.0. The highest BCUT2D eigenvalue weighted by atomic mass is 16.5. The zero-order chi connectivity index (χ0) is 22.5. The summed E-state index contributed by atoms with van der Waals surface area (Å²) in [4.78, 5) is 25.0. The molecule has 6 rings (SSSR count). The molecule has 0 radical (unpaired) electrons. The van der Waals surface area contributed by atoms with Gasteiger partial charge in [0.15, 0.2) is 0 Å². The molecule has 4 bridgehead atoms. The van der Waals surface area contributed by atoms with E-state index in [1.54, 1.807) is 31.4 Å². The molecule has 168 valence electrons. The molecular weight excluding hydrogens is 404 g/mol. The molecule has 4 aliphatic carbocycles. The molecular formula is C27H30O5. The topological polar surface area (TPSA) is 61.8 Å². The molecule has 4 fully saturated rings. The van der Waals surface area contributed by atoms with Crippen molar-refractivity contribution in [1.82, 2.24) is 0 Å². The molecule has 0 aromatic heterocycles. The fourth-order valence-corrected chi connectivity index (χ4v) is 6.80. The van der Waals surface area contributed by atoms with Gasteiger partial charge >= 0.3 is 11.9 Å². The largest absolute Gasteiger partial charge is 0.496 e. The molecule has 2 aromatic rings. The third-order valence-electron chi connectivity index (χ3n) is 7.86. The summed E-state index contributed by atoms with van der Waals surface area (Å²) in [6.45, 7) is 1.85. The molecule has 0 spiro atoms. The molecule has 0 atom stereocenters. The molecule has 32 heavy (non-hydrogen) atoms. The minimum Gasteiger partial charge on any atom is -0.496 e. The van der Waals surface area contributed by atoms with Gasteiger partial charge in [-0.05, 0) is 105 Å². The van der Waals surface area contributed by atoms with Crippen LogP contribution in [0.3, 0.4) is 0 Å². The van der Waals surface area contributed by atoms with Crippen molar-refractivity contribution in [2.75, 3.05) is 14.2 Å². The van der Waals surface area contributed by atoms with Gasteiger partial charge in [-0.2, -0.15) is 0 Å². The molecule has 0 heterocycles. The van der Waals surface area contributed by atoms with E-state index in [0.717, 1.165) is 34.6 Å². The summed E-state index contributed by atoms with van der Waals surface area (Å²) in [5, 5.41) is 0. The fraction of sp³-hybridized carbons (Fsp3) is 0.481. The SMILES string of the molecule is COC(=O)c1ccc(C)c(OC(=O)c2ccc(OC)c(C34CC5CC(CC(C5)C3)C4)c2)c1. The number of ether oxygens (including phenoxy) is 3. The van der Waals surface area contributed by atoms with Crippen molar-refractivity contribution in [3.05, 3.63) is 58.7 Å². The Balaban J connectivity index is 1.46. The lowest BCUT2D eigenvalue weighted by Crippen LogP contribution is -2.48. The maximum Gasteiger partial charge on any atom is 0.343 e. The van der Waals surface area contributed by atoms with Crippen molar-refractivity contribution < 1.29 is 23.8 Å².